The smallest absolute Gasteiger partial charge is 0.0408 e. The molecule has 2 heteroatoms. The monoisotopic (exact) mass is 316 g/mol. The molecule has 1 unspecified atom stereocenters. The van der Waals surface area contributed by atoms with E-state index in [2.05, 4.69) is 63.9 Å². The van der Waals surface area contributed by atoms with Crippen LogP contribution in [0.1, 0.15) is 82.9 Å². The first kappa shape index (κ1) is 18.3. The van der Waals surface area contributed by atoms with E-state index >= 15 is 0 Å². The Bertz CT molecular complexity index is 519. The average molecular weight is 317 g/mol. The summed E-state index contributed by atoms with van der Waals surface area (Å²) in [6.45, 7) is 17.3. The van der Waals surface area contributed by atoms with Gasteiger partial charge in [0, 0.05) is 24.3 Å². The second kappa shape index (κ2) is 7.70. The van der Waals surface area contributed by atoms with Crippen molar-refractivity contribution in [2.45, 2.75) is 85.2 Å². The summed E-state index contributed by atoms with van der Waals surface area (Å²) in [5.74, 6) is 0.642. The Kier molecular flexibility index (Phi) is 6.13. The van der Waals surface area contributed by atoms with E-state index in [1.165, 1.54) is 49.0 Å². The van der Waals surface area contributed by atoms with E-state index in [1.54, 1.807) is 5.56 Å². The van der Waals surface area contributed by atoms with Crippen molar-refractivity contribution in [1.29, 1.82) is 0 Å². The van der Waals surface area contributed by atoms with E-state index in [4.69, 9.17) is 0 Å². The van der Waals surface area contributed by atoms with Crippen molar-refractivity contribution in [3.05, 3.63) is 28.8 Å². The minimum atomic E-state index is 0.260. The van der Waals surface area contributed by atoms with Gasteiger partial charge >= 0.3 is 0 Å². The first-order valence-corrected chi connectivity index (χ1v) is 9.52. The van der Waals surface area contributed by atoms with Crippen molar-refractivity contribution in [1.82, 2.24) is 5.32 Å². The number of rotatable bonds is 7. The van der Waals surface area contributed by atoms with E-state index in [1.807, 2.05) is 0 Å². The highest BCUT2D eigenvalue weighted by molar-refractivity contribution is 5.62. The Hall–Kier alpha value is -1.02. The van der Waals surface area contributed by atoms with Gasteiger partial charge in [-0.05, 0) is 75.3 Å². The Morgan fingerprint density at radius 1 is 1.22 bits per heavy atom. The molecule has 1 aliphatic rings. The van der Waals surface area contributed by atoms with Crippen molar-refractivity contribution < 1.29 is 0 Å². The fourth-order valence-electron chi connectivity index (χ4n) is 4.01. The van der Waals surface area contributed by atoms with Gasteiger partial charge in [-0.15, -0.1) is 0 Å². The maximum absolute atomic E-state index is 3.56. The van der Waals surface area contributed by atoms with Crippen LogP contribution in [0, 0.1) is 6.92 Å². The van der Waals surface area contributed by atoms with Crippen LogP contribution in [0.4, 0.5) is 5.69 Å². The van der Waals surface area contributed by atoms with Gasteiger partial charge in [0.05, 0.1) is 0 Å². The molecule has 0 aromatic heterocycles. The predicted molar refractivity (Wildman–Crippen MR) is 103 cm³/mol. The molecule has 130 valence electrons. The number of fused-ring (bicyclic) bond motifs is 1. The number of aryl methyl sites for hydroxylation is 1. The van der Waals surface area contributed by atoms with Crippen LogP contribution >= 0.6 is 0 Å². The summed E-state index contributed by atoms with van der Waals surface area (Å²) < 4.78 is 0. The molecule has 1 aliphatic heterocycles. The zero-order valence-corrected chi connectivity index (χ0v) is 16.1. The summed E-state index contributed by atoms with van der Waals surface area (Å²) in [7, 11) is 0. The average Bonchev–Trinajstić information content (AvgIpc) is 2.47. The lowest BCUT2D eigenvalue weighted by molar-refractivity contribution is 0.373. The summed E-state index contributed by atoms with van der Waals surface area (Å²) in [6, 6.07) is 4.93. The van der Waals surface area contributed by atoms with Crippen LogP contribution in [0.3, 0.4) is 0 Å². The Morgan fingerprint density at radius 2 is 1.96 bits per heavy atom. The lowest BCUT2D eigenvalue weighted by Gasteiger charge is -2.48. The van der Waals surface area contributed by atoms with Crippen LogP contribution in [0.15, 0.2) is 12.1 Å². The van der Waals surface area contributed by atoms with Gasteiger partial charge < -0.3 is 10.2 Å². The summed E-state index contributed by atoms with van der Waals surface area (Å²) in [4.78, 5) is 2.67. The maximum atomic E-state index is 3.56. The first-order chi connectivity index (χ1) is 10.9. The number of unbranched alkanes of at least 4 members (excludes halogenated alkanes) is 1. The molecule has 2 nitrogen and oxygen atoms in total. The third-order valence-corrected chi connectivity index (χ3v) is 5.32. The number of hydrogen-bond donors (Lipinski definition) is 1. The first-order valence-electron chi connectivity index (χ1n) is 9.52. The molecule has 0 saturated heterocycles. The van der Waals surface area contributed by atoms with Crippen molar-refractivity contribution >= 4 is 5.69 Å². The molecule has 1 heterocycles. The van der Waals surface area contributed by atoms with Crippen molar-refractivity contribution in [3.63, 3.8) is 0 Å². The standard InChI is InChI=1S/C21H36N2/c1-7-9-11-23-20-12-16(3)18(15-22-10-8-2)13-19(20)17(4)14-21(23,5)6/h12-13,17,22H,7-11,14-15H2,1-6H3. The molecule has 0 saturated carbocycles. The summed E-state index contributed by atoms with van der Waals surface area (Å²) in [5.41, 5.74) is 6.20. The number of hydrogen-bond acceptors (Lipinski definition) is 2. The van der Waals surface area contributed by atoms with Gasteiger partial charge in [-0.3, -0.25) is 0 Å². The quantitative estimate of drug-likeness (QED) is 0.679. The number of nitrogens with zero attached hydrogens (tertiary/aromatic N) is 1. The maximum Gasteiger partial charge on any atom is 0.0408 e. The van der Waals surface area contributed by atoms with Gasteiger partial charge in [0.2, 0.25) is 0 Å². The molecule has 1 aromatic rings. The van der Waals surface area contributed by atoms with Gasteiger partial charge in [0.1, 0.15) is 0 Å². The molecule has 0 bridgehead atoms. The molecular formula is C21H36N2. The molecule has 0 amide bonds. The second-order valence-electron chi connectivity index (χ2n) is 7.94. The third kappa shape index (κ3) is 4.09. The van der Waals surface area contributed by atoms with Crippen LogP contribution < -0.4 is 10.2 Å². The minimum Gasteiger partial charge on any atom is -0.366 e. The van der Waals surface area contributed by atoms with E-state index in [-0.39, 0.29) is 5.54 Å². The van der Waals surface area contributed by atoms with Gasteiger partial charge in [0.15, 0.2) is 0 Å². The minimum absolute atomic E-state index is 0.260. The normalized spacial score (nSPS) is 19.7. The van der Waals surface area contributed by atoms with Crippen LogP contribution in [0.2, 0.25) is 0 Å². The van der Waals surface area contributed by atoms with Crippen LogP contribution in [-0.4, -0.2) is 18.6 Å². The Balaban J connectivity index is 2.34. The molecule has 0 radical (unpaired) electrons. The van der Waals surface area contributed by atoms with Crippen LogP contribution in [0.25, 0.3) is 0 Å². The Labute approximate surface area is 143 Å². The molecule has 0 spiro atoms. The Morgan fingerprint density at radius 3 is 2.61 bits per heavy atom. The highest BCUT2D eigenvalue weighted by atomic mass is 15.2. The molecular weight excluding hydrogens is 280 g/mol. The van der Waals surface area contributed by atoms with Crippen LogP contribution in [-0.2, 0) is 6.54 Å². The topological polar surface area (TPSA) is 15.3 Å². The summed E-state index contributed by atoms with van der Waals surface area (Å²) in [5, 5.41) is 3.56. The lowest BCUT2D eigenvalue weighted by atomic mass is 9.79. The number of benzene rings is 1. The van der Waals surface area contributed by atoms with Crippen LogP contribution in [0.5, 0.6) is 0 Å². The van der Waals surface area contributed by atoms with Crippen molar-refractivity contribution in [2.24, 2.45) is 0 Å². The molecule has 1 aromatic carbocycles. The van der Waals surface area contributed by atoms with E-state index in [0.29, 0.717) is 5.92 Å². The van der Waals surface area contributed by atoms with Gasteiger partial charge in [0.25, 0.3) is 0 Å². The van der Waals surface area contributed by atoms with Crippen molar-refractivity contribution in [2.75, 3.05) is 18.0 Å². The van der Waals surface area contributed by atoms with Gasteiger partial charge in [-0.1, -0.05) is 33.3 Å². The molecule has 1 N–H and O–H groups in total. The summed E-state index contributed by atoms with van der Waals surface area (Å²) in [6.07, 6.45) is 4.97. The van der Waals surface area contributed by atoms with E-state index < -0.39 is 0 Å². The highest BCUT2D eigenvalue weighted by Gasteiger charge is 2.36. The van der Waals surface area contributed by atoms with E-state index in [9.17, 15) is 0 Å². The fraction of sp³-hybridized carbons (Fsp3) is 0.714. The second-order valence-corrected chi connectivity index (χ2v) is 7.94. The van der Waals surface area contributed by atoms with E-state index in [0.717, 1.165) is 13.1 Å². The van der Waals surface area contributed by atoms with Crippen molar-refractivity contribution in [3.8, 4) is 0 Å². The van der Waals surface area contributed by atoms with Gasteiger partial charge in [-0.25, -0.2) is 0 Å². The fourth-order valence-corrected chi connectivity index (χ4v) is 4.01. The zero-order valence-electron chi connectivity index (χ0n) is 16.1. The molecule has 23 heavy (non-hydrogen) atoms. The lowest BCUT2D eigenvalue weighted by Crippen LogP contribution is -2.48. The number of anilines is 1. The molecule has 0 aliphatic carbocycles. The molecule has 0 fully saturated rings. The largest absolute Gasteiger partial charge is 0.366 e. The number of nitrogens with one attached hydrogen (secondary N) is 1. The highest BCUT2D eigenvalue weighted by Crippen LogP contribution is 2.44. The summed E-state index contributed by atoms with van der Waals surface area (Å²) >= 11 is 0. The molecule has 1 atom stereocenters. The third-order valence-electron chi connectivity index (χ3n) is 5.32. The predicted octanol–water partition coefficient (Wildman–Crippen LogP) is 5.39. The molecule has 2 rings (SSSR count). The zero-order chi connectivity index (χ0) is 17.0. The van der Waals surface area contributed by atoms with Gasteiger partial charge in [-0.2, -0.15) is 0 Å². The SMILES string of the molecule is CCCCN1c2cc(C)c(CNCCC)cc2C(C)CC1(C)C.